The standard InChI is InChI=1S/C13H20N2O3/c1-13(9-17-10-13)8-15-11-3-4-12(14-7-11)18-6-5-16-2/h3-4,7,15H,5-6,8-10H2,1-2H3. The van der Waals surface area contributed by atoms with Gasteiger partial charge in [-0.2, -0.15) is 0 Å². The first-order valence-corrected chi connectivity index (χ1v) is 6.11. The molecule has 1 fully saturated rings. The van der Waals surface area contributed by atoms with Crippen LogP contribution in [0.5, 0.6) is 5.88 Å². The number of methoxy groups -OCH3 is 1. The van der Waals surface area contributed by atoms with E-state index in [1.807, 2.05) is 12.1 Å². The van der Waals surface area contributed by atoms with E-state index in [9.17, 15) is 0 Å². The van der Waals surface area contributed by atoms with E-state index in [0.717, 1.165) is 25.4 Å². The summed E-state index contributed by atoms with van der Waals surface area (Å²) >= 11 is 0. The molecule has 1 aromatic heterocycles. The predicted molar refractivity (Wildman–Crippen MR) is 69.0 cm³/mol. The van der Waals surface area contributed by atoms with Gasteiger partial charge in [-0.3, -0.25) is 0 Å². The SMILES string of the molecule is COCCOc1ccc(NCC2(C)COC2)cn1. The number of pyridine rings is 1. The molecule has 0 amide bonds. The largest absolute Gasteiger partial charge is 0.475 e. The second kappa shape index (κ2) is 6.02. The molecule has 0 saturated carbocycles. The minimum Gasteiger partial charge on any atom is -0.475 e. The highest BCUT2D eigenvalue weighted by molar-refractivity contribution is 5.42. The van der Waals surface area contributed by atoms with Crippen LogP contribution in [0.1, 0.15) is 6.92 Å². The molecule has 1 N–H and O–H groups in total. The van der Waals surface area contributed by atoms with Crippen LogP contribution in [0.15, 0.2) is 18.3 Å². The second-order valence-corrected chi connectivity index (χ2v) is 4.88. The first-order valence-electron chi connectivity index (χ1n) is 6.11. The molecule has 0 spiro atoms. The normalized spacial score (nSPS) is 17.0. The number of anilines is 1. The van der Waals surface area contributed by atoms with Gasteiger partial charge in [0.05, 0.1) is 31.7 Å². The third-order valence-electron chi connectivity index (χ3n) is 2.89. The lowest BCUT2D eigenvalue weighted by Gasteiger charge is -2.38. The van der Waals surface area contributed by atoms with E-state index in [1.165, 1.54) is 0 Å². The monoisotopic (exact) mass is 252 g/mol. The molecule has 0 radical (unpaired) electrons. The maximum Gasteiger partial charge on any atom is 0.213 e. The van der Waals surface area contributed by atoms with Crippen molar-refractivity contribution < 1.29 is 14.2 Å². The Labute approximate surface area is 107 Å². The number of aromatic nitrogens is 1. The molecular weight excluding hydrogens is 232 g/mol. The molecule has 0 aromatic carbocycles. The van der Waals surface area contributed by atoms with Crippen molar-refractivity contribution >= 4 is 5.69 Å². The average molecular weight is 252 g/mol. The Hall–Kier alpha value is -1.33. The van der Waals surface area contributed by atoms with E-state index in [4.69, 9.17) is 14.2 Å². The fourth-order valence-corrected chi connectivity index (χ4v) is 1.67. The summed E-state index contributed by atoms with van der Waals surface area (Å²) in [7, 11) is 1.65. The van der Waals surface area contributed by atoms with Crippen LogP contribution in [-0.4, -0.2) is 45.1 Å². The summed E-state index contributed by atoms with van der Waals surface area (Å²) in [4.78, 5) is 4.22. The molecule has 0 aliphatic carbocycles. The Balaban J connectivity index is 1.76. The zero-order valence-corrected chi connectivity index (χ0v) is 10.9. The number of rotatable bonds is 7. The van der Waals surface area contributed by atoms with Gasteiger partial charge in [-0.05, 0) is 6.07 Å². The first kappa shape index (κ1) is 13.1. The summed E-state index contributed by atoms with van der Waals surface area (Å²) < 4.78 is 15.5. The van der Waals surface area contributed by atoms with Gasteiger partial charge in [0.2, 0.25) is 5.88 Å². The van der Waals surface area contributed by atoms with Gasteiger partial charge in [-0.25, -0.2) is 4.98 Å². The summed E-state index contributed by atoms with van der Waals surface area (Å²) in [5.74, 6) is 0.621. The molecule has 5 nitrogen and oxygen atoms in total. The average Bonchev–Trinajstić information content (AvgIpc) is 2.36. The fraction of sp³-hybridized carbons (Fsp3) is 0.615. The third kappa shape index (κ3) is 3.58. The van der Waals surface area contributed by atoms with Gasteiger partial charge in [-0.15, -0.1) is 0 Å². The van der Waals surface area contributed by atoms with E-state index in [-0.39, 0.29) is 5.41 Å². The van der Waals surface area contributed by atoms with Crippen LogP contribution in [-0.2, 0) is 9.47 Å². The Morgan fingerprint density at radius 2 is 2.22 bits per heavy atom. The Kier molecular flexibility index (Phi) is 4.38. The smallest absolute Gasteiger partial charge is 0.213 e. The summed E-state index contributed by atoms with van der Waals surface area (Å²) in [5, 5.41) is 3.36. The van der Waals surface area contributed by atoms with Crippen molar-refractivity contribution in [3.8, 4) is 5.88 Å². The highest BCUT2D eigenvalue weighted by Gasteiger charge is 2.32. The van der Waals surface area contributed by atoms with Gasteiger partial charge in [0.15, 0.2) is 0 Å². The van der Waals surface area contributed by atoms with Crippen LogP contribution in [0, 0.1) is 5.41 Å². The first-order chi connectivity index (χ1) is 8.72. The van der Waals surface area contributed by atoms with E-state index in [0.29, 0.717) is 19.1 Å². The number of hydrogen-bond acceptors (Lipinski definition) is 5. The maximum absolute atomic E-state index is 5.40. The minimum atomic E-state index is 0.258. The van der Waals surface area contributed by atoms with E-state index in [2.05, 4.69) is 17.2 Å². The van der Waals surface area contributed by atoms with Crippen molar-refractivity contribution in [1.29, 1.82) is 0 Å². The number of hydrogen-bond donors (Lipinski definition) is 1. The lowest BCUT2D eigenvalue weighted by atomic mass is 9.89. The van der Waals surface area contributed by atoms with E-state index in [1.54, 1.807) is 13.3 Å². The number of ether oxygens (including phenoxy) is 3. The molecule has 1 aliphatic heterocycles. The molecule has 1 aliphatic rings. The Bertz CT molecular complexity index is 363. The third-order valence-corrected chi connectivity index (χ3v) is 2.89. The molecule has 0 atom stereocenters. The second-order valence-electron chi connectivity index (χ2n) is 4.88. The number of nitrogens with one attached hydrogen (secondary N) is 1. The van der Waals surface area contributed by atoms with Crippen molar-refractivity contribution in [1.82, 2.24) is 4.98 Å². The van der Waals surface area contributed by atoms with Crippen molar-refractivity contribution in [2.75, 3.05) is 45.4 Å². The molecule has 0 bridgehead atoms. The molecule has 2 heterocycles. The van der Waals surface area contributed by atoms with E-state index < -0.39 is 0 Å². The zero-order chi connectivity index (χ0) is 12.8. The molecule has 18 heavy (non-hydrogen) atoms. The van der Waals surface area contributed by atoms with E-state index >= 15 is 0 Å². The van der Waals surface area contributed by atoms with Gasteiger partial charge in [0.25, 0.3) is 0 Å². The topological polar surface area (TPSA) is 52.6 Å². The molecular formula is C13H20N2O3. The van der Waals surface area contributed by atoms with Crippen LogP contribution in [0.4, 0.5) is 5.69 Å². The van der Waals surface area contributed by atoms with Crippen molar-refractivity contribution in [3.05, 3.63) is 18.3 Å². The predicted octanol–water partition coefficient (Wildman–Crippen LogP) is 1.56. The lowest BCUT2D eigenvalue weighted by Crippen LogP contribution is -2.45. The summed E-state index contributed by atoms with van der Waals surface area (Å²) in [6.45, 7) is 5.85. The van der Waals surface area contributed by atoms with Gasteiger partial charge in [-0.1, -0.05) is 6.92 Å². The van der Waals surface area contributed by atoms with Crippen LogP contribution in [0.2, 0.25) is 0 Å². The molecule has 0 unspecified atom stereocenters. The van der Waals surface area contributed by atoms with Crippen molar-refractivity contribution in [2.24, 2.45) is 5.41 Å². The van der Waals surface area contributed by atoms with Crippen LogP contribution in [0.3, 0.4) is 0 Å². The van der Waals surface area contributed by atoms with Crippen molar-refractivity contribution in [2.45, 2.75) is 6.92 Å². The van der Waals surface area contributed by atoms with Gasteiger partial charge in [0.1, 0.15) is 6.61 Å². The summed E-state index contributed by atoms with van der Waals surface area (Å²) in [6.07, 6.45) is 1.78. The number of nitrogens with zero attached hydrogens (tertiary/aromatic N) is 1. The van der Waals surface area contributed by atoms with Crippen LogP contribution in [0.25, 0.3) is 0 Å². The van der Waals surface area contributed by atoms with Crippen molar-refractivity contribution in [3.63, 3.8) is 0 Å². The highest BCUT2D eigenvalue weighted by atomic mass is 16.5. The molecule has 1 saturated heterocycles. The Morgan fingerprint density at radius 3 is 2.78 bits per heavy atom. The quantitative estimate of drug-likeness (QED) is 0.746. The summed E-state index contributed by atoms with van der Waals surface area (Å²) in [5.41, 5.74) is 1.26. The van der Waals surface area contributed by atoms with Crippen LogP contribution < -0.4 is 10.1 Å². The zero-order valence-electron chi connectivity index (χ0n) is 10.9. The lowest BCUT2D eigenvalue weighted by molar-refractivity contribution is -0.0924. The fourth-order valence-electron chi connectivity index (χ4n) is 1.67. The molecule has 100 valence electrons. The highest BCUT2D eigenvalue weighted by Crippen LogP contribution is 2.26. The minimum absolute atomic E-state index is 0.258. The maximum atomic E-state index is 5.40. The van der Waals surface area contributed by atoms with Gasteiger partial charge < -0.3 is 19.5 Å². The van der Waals surface area contributed by atoms with Gasteiger partial charge >= 0.3 is 0 Å². The Morgan fingerprint density at radius 1 is 1.39 bits per heavy atom. The summed E-state index contributed by atoms with van der Waals surface area (Å²) in [6, 6.07) is 3.83. The molecule has 1 aromatic rings. The van der Waals surface area contributed by atoms with Crippen LogP contribution >= 0.6 is 0 Å². The van der Waals surface area contributed by atoms with Gasteiger partial charge in [0, 0.05) is 25.1 Å². The molecule has 2 rings (SSSR count). The molecule has 5 heteroatoms.